The predicted molar refractivity (Wildman–Crippen MR) is 102 cm³/mol. The zero-order chi connectivity index (χ0) is 19.1. The Hall–Kier alpha value is -2.89. The molecular formula is C21H25NO5. The highest BCUT2D eigenvalue weighted by atomic mass is 16.6. The minimum Gasteiger partial charge on any atom is -0.493 e. The number of amides is 1. The Morgan fingerprint density at radius 2 is 2.00 bits per heavy atom. The Labute approximate surface area is 159 Å². The molecule has 1 aliphatic rings. The molecular weight excluding hydrogens is 346 g/mol. The highest BCUT2D eigenvalue weighted by molar-refractivity contribution is 5.94. The number of hydrogen-bond acceptors (Lipinski definition) is 5. The van der Waals surface area contributed by atoms with Gasteiger partial charge >= 0.3 is 0 Å². The number of rotatable bonds is 8. The Morgan fingerprint density at radius 3 is 2.78 bits per heavy atom. The normalized spacial score (nSPS) is 15.1. The number of ether oxygens (including phenoxy) is 4. The smallest absolute Gasteiger partial charge is 0.251 e. The van der Waals surface area contributed by atoms with Gasteiger partial charge in [0.05, 0.1) is 20.3 Å². The van der Waals surface area contributed by atoms with Gasteiger partial charge in [0.1, 0.15) is 12.7 Å². The first-order valence-electron chi connectivity index (χ1n) is 9.18. The fraction of sp³-hybridized carbons (Fsp3) is 0.381. The van der Waals surface area contributed by atoms with Crippen LogP contribution in [-0.2, 0) is 0 Å². The van der Waals surface area contributed by atoms with Gasteiger partial charge in [0.25, 0.3) is 5.91 Å². The highest BCUT2D eigenvalue weighted by Gasteiger charge is 2.21. The van der Waals surface area contributed by atoms with Crippen molar-refractivity contribution in [2.45, 2.75) is 25.9 Å². The van der Waals surface area contributed by atoms with Gasteiger partial charge in [-0.25, -0.2) is 0 Å². The predicted octanol–water partition coefficient (Wildman–Crippen LogP) is 3.44. The van der Waals surface area contributed by atoms with E-state index < -0.39 is 0 Å². The van der Waals surface area contributed by atoms with Crippen molar-refractivity contribution >= 4 is 5.91 Å². The largest absolute Gasteiger partial charge is 0.493 e. The van der Waals surface area contributed by atoms with E-state index in [1.54, 1.807) is 25.3 Å². The first-order valence-corrected chi connectivity index (χ1v) is 9.18. The van der Waals surface area contributed by atoms with E-state index in [9.17, 15) is 4.79 Å². The van der Waals surface area contributed by atoms with Crippen LogP contribution in [0.1, 0.15) is 30.1 Å². The van der Waals surface area contributed by atoms with Crippen molar-refractivity contribution in [1.29, 1.82) is 0 Å². The third kappa shape index (κ3) is 4.84. The molecule has 1 amide bonds. The number of benzene rings is 2. The lowest BCUT2D eigenvalue weighted by atomic mass is 10.2. The highest BCUT2D eigenvalue weighted by Crippen LogP contribution is 2.31. The molecule has 144 valence electrons. The summed E-state index contributed by atoms with van der Waals surface area (Å²) in [5.74, 6) is 2.41. The minimum absolute atomic E-state index is 0.198. The Bertz CT molecular complexity index is 777. The summed E-state index contributed by atoms with van der Waals surface area (Å²) in [5.41, 5.74) is 0.506. The van der Waals surface area contributed by atoms with E-state index in [1.165, 1.54) is 0 Å². The van der Waals surface area contributed by atoms with E-state index in [1.807, 2.05) is 24.3 Å². The van der Waals surface area contributed by atoms with Crippen LogP contribution in [0.15, 0.2) is 42.5 Å². The van der Waals surface area contributed by atoms with Crippen LogP contribution < -0.4 is 24.3 Å². The van der Waals surface area contributed by atoms with Gasteiger partial charge in [0.2, 0.25) is 0 Å². The maximum absolute atomic E-state index is 12.5. The van der Waals surface area contributed by atoms with Crippen LogP contribution in [0.5, 0.6) is 23.0 Å². The van der Waals surface area contributed by atoms with Crippen LogP contribution >= 0.6 is 0 Å². The van der Waals surface area contributed by atoms with Gasteiger partial charge in [-0.15, -0.1) is 0 Å². The molecule has 1 unspecified atom stereocenters. The molecule has 2 aromatic rings. The van der Waals surface area contributed by atoms with Crippen molar-refractivity contribution in [3.63, 3.8) is 0 Å². The number of methoxy groups -OCH3 is 1. The van der Waals surface area contributed by atoms with E-state index in [0.717, 1.165) is 18.6 Å². The molecule has 0 aromatic heterocycles. The van der Waals surface area contributed by atoms with Crippen molar-refractivity contribution in [1.82, 2.24) is 5.32 Å². The van der Waals surface area contributed by atoms with Gasteiger partial charge in [-0.05, 0) is 36.8 Å². The van der Waals surface area contributed by atoms with E-state index in [0.29, 0.717) is 42.6 Å². The van der Waals surface area contributed by atoms with Crippen LogP contribution in [0.3, 0.4) is 0 Å². The Kier molecular flexibility index (Phi) is 6.41. The summed E-state index contributed by atoms with van der Waals surface area (Å²) in [6.45, 7) is 3.47. The molecule has 27 heavy (non-hydrogen) atoms. The Balaban J connectivity index is 1.56. The van der Waals surface area contributed by atoms with Crippen LogP contribution in [0.4, 0.5) is 0 Å². The SMILES string of the molecule is CCCCOc1ccc(C(=O)NCC2COc3ccccc3O2)cc1OC. The summed E-state index contributed by atoms with van der Waals surface area (Å²) < 4.78 is 22.6. The molecule has 6 heteroatoms. The average molecular weight is 371 g/mol. The molecule has 1 N–H and O–H groups in total. The van der Waals surface area contributed by atoms with Crippen molar-refractivity contribution < 1.29 is 23.7 Å². The first-order chi connectivity index (χ1) is 13.2. The fourth-order valence-corrected chi connectivity index (χ4v) is 2.73. The van der Waals surface area contributed by atoms with Crippen molar-refractivity contribution in [3.05, 3.63) is 48.0 Å². The summed E-state index contributed by atoms with van der Waals surface area (Å²) >= 11 is 0. The molecule has 0 saturated heterocycles. The molecule has 1 aliphatic heterocycles. The van der Waals surface area contributed by atoms with Crippen molar-refractivity contribution in [2.75, 3.05) is 26.9 Å². The summed E-state index contributed by atoms with van der Waals surface area (Å²) in [7, 11) is 1.56. The third-order valence-electron chi connectivity index (χ3n) is 4.24. The quantitative estimate of drug-likeness (QED) is 0.720. The number of nitrogens with one attached hydrogen (secondary N) is 1. The summed E-state index contributed by atoms with van der Waals surface area (Å²) in [6, 6.07) is 12.7. The monoisotopic (exact) mass is 371 g/mol. The minimum atomic E-state index is -0.234. The lowest BCUT2D eigenvalue weighted by Gasteiger charge is -2.26. The second kappa shape index (κ2) is 9.16. The molecule has 0 aliphatic carbocycles. The summed E-state index contributed by atoms with van der Waals surface area (Å²) in [4.78, 5) is 12.5. The third-order valence-corrected chi connectivity index (χ3v) is 4.24. The zero-order valence-corrected chi connectivity index (χ0v) is 15.7. The molecule has 6 nitrogen and oxygen atoms in total. The maximum atomic E-state index is 12.5. The maximum Gasteiger partial charge on any atom is 0.251 e. The molecule has 3 rings (SSSR count). The van der Waals surface area contributed by atoms with Crippen LogP contribution in [0.2, 0.25) is 0 Å². The standard InChI is InChI=1S/C21H25NO5/c1-3-4-11-25-18-10-9-15(12-20(18)24-2)21(23)22-13-16-14-26-17-7-5-6-8-19(17)27-16/h5-10,12,16H,3-4,11,13-14H2,1-2H3,(H,22,23). The van der Waals surface area contributed by atoms with Gasteiger partial charge in [-0.1, -0.05) is 25.5 Å². The van der Waals surface area contributed by atoms with Crippen molar-refractivity contribution in [3.8, 4) is 23.0 Å². The van der Waals surface area contributed by atoms with Crippen LogP contribution in [0.25, 0.3) is 0 Å². The summed E-state index contributed by atoms with van der Waals surface area (Å²) in [5, 5.41) is 2.88. The molecule has 1 heterocycles. The molecule has 0 saturated carbocycles. The van der Waals surface area contributed by atoms with Gasteiger partial charge in [-0.2, -0.15) is 0 Å². The van der Waals surface area contributed by atoms with Crippen LogP contribution in [-0.4, -0.2) is 38.9 Å². The van der Waals surface area contributed by atoms with E-state index in [-0.39, 0.29) is 12.0 Å². The van der Waals surface area contributed by atoms with E-state index in [4.69, 9.17) is 18.9 Å². The van der Waals surface area contributed by atoms with Gasteiger partial charge in [0.15, 0.2) is 23.0 Å². The zero-order valence-electron chi connectivity index (χ0n) is 15.7. The second-order valence-electron chi connectivity index (χ2n) is 6.28. The lowest BCUT2D eigenvalue weighted by Crippen LogP contribution is -2.40. The first kappa shape index (κ1) is 18.9. The van der Waals surface area contributed by atoms with Gasteiger partial charge in [-0.3, -0.25) is 4.79 Å². The number of hydrogen-bond donors (Lipinski definition) is 1. The molecule has 0 spiro atoms. The van der Waals surface area contributed by atoms with Crippen LogP contribution in [0, 0.1) is 0 Å². The van der Waals surface area contributed by atoms with Gasteiger partial charge in [0, 0.05) is 5.56 Å². The van der Waals surface area contributed by atoms with E-state index >= 15 is 0 Å². The molecule has 2 aromatic carbocycles. The van der Waals surface area contributed by atoms with Gasteiger partial charge < -0.3 is 24.3 Å². The number of fused-ring (bicyclic) bond motifs is 1. The number of carbonyl (C=O) groups excluding carboxylic acids is 1. The molecule has 0 fully saturated rings. The molecule has 1 atom stereocenters. The van der Waals surface area contributed by atoms with Crippen molar-refractivity contribution in [2.24, 2.45) is 0 Å². The number of carbonyl (C=O) groups is 1. The lowest BCUT2D eigenvalue weighted by molar-refractivity contribution is 0.0789. The fourth-order valence-electron chi connectivity index (χ4n) is 2.73. The second-order valence-corrected chi connectivity index (χ2v) is 6.28. The number of unbranched alkanes of at least 4 members (excludes halogenated alkanes) is 1. The topological polar surface area (TPSA) is 66.0 Å². The summed E-state index contributed by atoms with van der Waals surface area (Å²) in [6.07, 6.45) is 1.79. The van der Waals surface area contributed by atoms with E-state index in [2.05, 4.69) is 12.2 Å². The molecule has 0 radical (unpaired) electrons. The average Bonchev–Trinajstić information content (AvgIpc) is 2.72. The number of para-hydroxylation sites is 2. The molecule has 0 bridgehead atoms. The Morgan fingerprint density at radius 1 is 1.19 bits per heavy atom.